The number of hydrogen-bond acceptors (Lipinski definition) is 2. The predicted molar refractivity (Wildman–Crippen MR) is 92.0 cm³/mol. The molecule has 0 spiro atoms. The molecule has 1 heterocycles. The third-order valence-electron chi connectivity index (χ3n) is 3.31. The molecule has 0 aliphatic heterocycles. The van der Waals surface area contributed by atoms with Crippen molar-refractivity contribution in [1.29, 1.82) is 0 Å². The van der Waals surface area contributed by atoms with Crippen molar-refractivity contribution in [2.45, 2.75) is 27.3 Å². The summed E-state index contributed by atoms with van der Waals surface area (Å²) in [7, 11) is 0. The fraction of sp³-hybridized carbons (Fsp3) is 0.278. The molecule has 0 unspecified atom stereocenters. The van der Waals surface area contributed by atoms with Crippen molar-refractivity contribution in [2.75, 3.05) is 6.61 Å². The van der Waals surface area contributed by atoms with Crippen LogP contribution in [0.4, 0.5) is 0 Å². The van der Waals surface area contributed by atoms with Crippen molar-refractivity contribution >= 4 is 15.9 Å². The van der Waals surface area contributed by atoms with E-state index >= 15 is 0 Å². The van der Waals surface area contributed by atoms with Gasteiger partial charge in [0.1, 0.15) is 12.4 Å². The molecule has 0 bridgehead atoms. The van der Waals surface area contributed by atoms with E-state index in [9.17, 15) is 4.79 Å². The van der Waals surface area contributed by atoms with Gasteiger partial charge in [-0.1, -0.05) is 29.7 Å². The average molecular weight is 448 g/mol. The third kappa shape index (κ3) is 4.79. The van der Waals surface area contributed by atoms with E-state index in [1.54, 1.807) is 17.6 Å². The monoisotopic (exact) mass is 447 g/mol. The Morgan fingerprint density at radius 2 is 2.13 bits per heavy atom. The molecule has 5 heteroatoms. The molecule has 0 N–H and O–H groups in total. The Hall–Kier alpha value is -0.886. The number of aryl methyl sites for hydroxylation is 1. The molecular weight excluding hydrogens is 431 g/mol. The van der Waals surface area contributed by atoms with Gasteiger partial charge >= 0.3 is 0 Å². The zero-order valence-electron chi connectivity index (χ0n) is 13.4. The second-order valence-corrected chi connectivity index (χ2v) is 5.58. The molecule has 0 aliphatic carbocycles. The van der Waals surface area contributed by atoms with Gasteiger partial charge in [0.2, 0.25) is 5.56 Å². The number of ether oxygens (including phenoxy) is 1. The second-order valence-electron chi connectivity index (χ2n) is 4.73. The zero-order valence-corrected chi connectivity index (χ0v) is 17.9. The first-order valence-electron chi connectivity index (χ1n) is 7.03. The number of pyridine rings is 1. The van der Waals surface area contributed by atoms with E-state index in [1.165, 1.54) is 0 Å². The van der Waals surface area contributed by atoms with Crippen molar-refractivity contribution < 1.29 is 37.4 Å². The SMILES string of the molecule is CC#CCOc1ccc(-c2[c-]cc(Br)c(=O)n2CC)c(C)c1.[Y]. The Bertz CT molecular complexity index is 803. The van der Waals surface area contributed by atoms with Gasteiger partial charge in [-0.3, -0.25) is 4.79 Å². The van der Waals surface area contributed by atoms with Crippen molar-refractivity contribution in [1.82, 2.24) is 4.57 Å². The van der Waals surface area contributed by atoms with Crippen molar-refractivity contribution in [3.63, 3.8) is 0 Å². The normalized spacial score (nSPS) is 9.57. The molecular formula is C18H17BrNO2Y-. The molecule has 1 aromatic heterocycles. The largest absolute Gasteiger partial charge is 0.481 e. The predicted octanol–water partition coefficient (Wildman–Crippen LogP) is 3.81. The van der Waals surface area contributed by atoms with Crippen LogP contribution in [0.1, 0.15) is 19.4 Å². The first-order chi connectivity index (χ1) is 10.6. The van der Waals surface area contributed by atoms with E-state index < -0.39 is 0 Å². The topological polar surface area (TPSA) is 31.2 Å². The van der Waals surface area contributed by atoms with E-state index in [0.29, 0.717) is 17.6 Å². The smallest absolute Gasteiger partial charge is 0.208 e. The molecule has 2 aromatic rings. The second kappa shape index (κ2) is 9.42. The van der Waals surface area contributed by atoms with Crippen LogP contribution in [0, 0.1) is 24.8 Å². The summed E-state index contributed by atoms with van der Waals surface area (Å²) < 4.78 is 7.78. The van der Waals surface area contributed by atoms with Crippen LogP contribution < -0.4 is 10.3 Å². The summed E-state index contributed by atoms with van der Waals surface area (Å²) in [4.78, 5) is 12.2. The fourth-order valence-electron chi connectivity index (χ4n) is 2.21. The van der Waals surface area contributed by atoms with Crippen LogP contribution in [0.15, 0.2) is 33.5 Å². The van der Waals surface area contributed by atoms with E-state index in [4.69, 9.17) is 4.74 Å². The average Bonchev–Trinajstić information content (AvgIpc) is 2.51. The van der Waals surface area contributed by atoms with Gasteiger partial charge in [0.15, 0.2) is 0 Å². The van der Waals surface area contributed by atoms with Crippen LogP contribution in [0.2, 0.25) is 0 Å². The van der Waals surface area contributed by atoms with Crippen LogP contribution in [0.25, 0.3) is 11.3 Å². The maximum atomic E-state index is 12.2. The minimum Gasteiger partial charge on any atom is -0.481 e. The molecule has 1 radical (unpaired) electrons. The molecule has 0 atom stereocenters. The summed E-state index contributed by atoms with van der Waals surface area (Å²) in [6, 6.07) is 10.6. The summed E-state index contributed by atoms with van der Waals surface area (Å²) >= 11 is 3.26. The number of rotatable bonds is 4. The summed E-state index contributed by atoms with van der Waals surface area (Å²) in [6.07, 6.45) is 0. The summed E-state index contributed by atoms with van der Waals surface area (Å²) in [5.41, 5.74) is 2.74. The van der Waals surface area contributed by atoms with Crippen LogP contribution >= 0.6 is 15.9 Å². The van der Waals surface area contributed by atoms with Gasteiger partial charge < -0.3 is 9.30 Å². The molecule has 2 rings (SSSR count). The summed E-state index contributed by atoms with van der Waals surface area (Å²) in [5.74, 6) is 6.43. The quantitative estimate of drug-likeness (QED) is 0.527. The van der Waals surface area contributed by atoms with Gasteiger partial charge in [-0.05, 0) is 30.5 Å². The molecule has 117 valence electrons. The van der Waals surface area contributed by atoms with Crippen molar-refractivity contribution in [3.05, 3.63) is 50.7 Å². The molecule has 0 saturated heterocycles. The first kappa shape index (κ1) is 20.2. The number of aromatic nitrogens is 1. The number of hydrogen-bond donors (Lipinski definition) is 0. The van der Waals surface area contributed by atoms with Crippen LogP contribution in [-0.4, -0.2) is 11.2 Å². The van der Waals surface area contributed by atoms with Gasteiger partial charge in [0, 0.05) is 39.3 Å². The fourth-order valence-corrected chi connectivity index (χ4v) is 2.54. The minimum absolute atomic E-state index is 0. The Kier molecular flexibility index (Phi) is 8.26. The Labute approximate surface area is 170 Å². The molecule has 23 heavy (non-hydrogen) atoms. The van der Waals surface area contributed by atoms with Crippen molar-refractivity contribution in [2.24, 2.45) is 0 Å². The van der Waals surface area contributed by atoms with Crippen molar-refractivity contribution in [3.8, 4) is 28.8 Å². The Balaban J connectivity index is 0.00000264. The van der Waals surface area contributed by atoms with E-state index in [2.05, 4.69) is 33.8 Å². The van der Waals surface area contributed by atoms with Crippen LogP contribution in [0.5, 0.6) is 5.75 Å². The molecule has 3 nitrogen and oxygen atoms in total. The number of nitrogens with zero attached hydrogens (tertiary/aromatic N) is 1. The van der Waals surface area contributed by atoms with Gasteiger partial charge in [-0.25, -0.2) is 0 Å². The molecule has 1 aromatic carbocycles. The minimum atomic E-state index is -0.0470. The summed E-state index contributed by atoms with van der Waals surface area (Å²) in [6.45, 7) is 6.69. The molecule has 0 saturated carbocycles. The third-order valence-corrected chi connectivity index (χ3v) is 3.88. The zero-order chi connectivity index (χ0) is 16.1. The van der Waals surface area contributed by atoms with E-state index in [1.807, 2.05) is 32.0 Å². The van der Waals surface area contributed by atoms with Gasteiger partial charge in [0.05, 0.1) is 0 Å². The Morgan fingerprint density at radius 1 is 1.39 bits per heavy atom. The van der Waals surface area contributed by atoms with Gasteiger partial charge in [0.25, 0.3) is 0 Å². The van der Waals surface area contributed by atoms with E-state index in [-0.39, 0.29) is 38.3 Å². The first-order valence-corrected chi connectivity index (χ1v) is 7.82. The Morgan fingerprint density at radius 3 is 2.74 bits per heavy atom. The molecule has 0 fully saturated rings. The summed E-state index contributed by atoms with van der Waals surface area (Å²) in [5, 5.41) is 0. The maximum absolute atomic E-state index is 12.2. The number of benzene rings is 1. The van der Waals surface area contributed by atoms with Crippen LogP contribution in [0.3, 0.4) is 0 Å². The standard InChI is InChI=1S/C18H17BrNO2.Y/c1-4-6-11-22-14-7-8-15(13(3)12-14)17-10-9-16(19)18(21)20(17)5-2;/h7-9,12H,5,11H2,1-3H3;/q-1;. The van der Waals surface area contributed by atoms with Gasteiger partial charge in [-0.2, -0.15) is 12.1 Å². The van der Waals surface area contributed by atoms with Gasteiger partial charge in [-0.15, -0.1) is 27.9 Å². The van der Waals surface area contributed by atoms with Crippen LogP contribution in [-0.2, 0) is 39.3 Å². The molecule has 0 aliphatic rings. The van der Waals surface area contributed by atoms with E-state index in [0.717, 1.165) is 22.6 Å². The maximum Gasteiger partial charge on any atom is 0.208 e. The number of halogens is 1. The molecule has 0 amide bonds.